The number of carbonyl (C=O) groups is 3. The Balaban J connectivity index is 1.99. The number of amides is 1. The molecule has 0 unspecified atom stereocenters. The van der Waals surface area contributed by atoms with Crippen LogP contribution in [0.2, 0.25) is 0 Å². The van der Waals surface area contributed by atoms with E-state index in [9.17, 15) is 19.5 Å². The van der Waals surface area contributed by atoms with Crippen LogP contribution < -0.4 is 5.32 Å². The highest BCUT2D eigenvalue weighted by Crippen LogP contribution is 2.41. The van der Waals surface area contributed by atoms with Crippen LogP contribution in [0, 0.1) is 25.7 Å². The molecule has 0 spiro atoms. The molecule has 2 N–H and O–H groups in total. The maximum absolute atomic E-state index is 12.9. The lowest BCUT2D eigenvalue weighted by Gasteiger charge is -2.24. The number of ether oxygens (including phenoxy) is 1. The number of hydrogen-bond acceptors (Lipinski definition) is 5. The van der Waals surface area contributed by atoms with Gasteiger partial charge in [0, 0.05) is 10.4 Å². The largest absolute Gasteiger partial charge is 0.481 e. The van der Waals surface area contributed by atoms with E-state index in [2.05, 4.69) is 5.32 Å². The normalized spacial score (nSPS) is 18.3. The number of allylic oxidation sites excluding steroid dienone is 2. The quantitative estimate of drug-likeness (QED) is 0.559. The molecule has 2 atom stereocenters. The fraction of sp³-hybridized carbons (Fsp3) is 0.318. The Morgan fingerprint density at radius 3 is 2.28 bits per heavy atom. The van der Waals surface area contributed by atoms with Gasteiger partial charge in [-0.3, -0.25) is 9.59 Å². The highest BCUT2D eigenvalue weighted by molar-refractivity contribution is 7.17. The van der Waals surface area contributed by atoms with Gasteiger partial charge in [-0.2, -0.15) is 0 Å². The van der Waals surface area contributed by atoms with Crippen LogP contribution in [0.4, 0.5) is 5.00 Å². The highest BCUT2D eigenvalue weighted by atomic mass is 32.1. The van der Waals surface area contributed by atoms with E-state index in [0.29, 0.717) is 23.4 Å². The molecule has 1 amide bonds. The molecule has 1 aromatic heterocycles. The number of carboxylic acid groups (broad SMARTS) is 1. The lowest BCUT2D eigenvalue weighted by Crippen LogP contribution is -2.34. The number of rotatable bonds is 5. The predicted molar refractivity (Wildman–Crippen MR) is 112 cm³/mol. The van der Waals surface area contributed by atoms with E-state index >= 15 is 0 Å². The van der Waals surface area contributed by atoms with Gasteiger partial charge in [0.25, 0.3) is 0 Å². The summed E-state index contributed by atoms with van der Waals surface area (Å²) in [4.78, 5) is 37.9. The van der Waals surface area contributed by atoms with Gasteiger partial charge in [-0.1, -0.05) is 42.0 Å². The number of anilines is 1. The van der Waals surface area contributed by atoms with E-state index in [4.69, 9.17) is 4.74 Å². The second-order valence-electron chi connectivity index (χ2n) is 7.08. The van der Waals surface area contributed by atoms with Gasteiger partial charge in [0.15, 0.2) is 0 Å². The molecule has 7 heteroatoms. The van der Waals surface area contributed by atoms with Crippen LogP contribution in [0.1, 0.15) is 33.6 Å². The Hall–Kier alpha value is -2.93. The fourth-order valence-electron chi connectivity index (χ4n) is 3.58. The lowest BCUT2D eigenvalue weighted by atomic mass is 9.82. The van der Waals surface area contributed by atoms with E-state index in [1.165, 1.54) is 18.4 Å². The van der Waals surface area contributed by atoms with Crippen LogP contribution in [0.25, 0.3) is 11.1 Å². The Morgan fingerprint density at radius 2 is 1.69 bits per heavy atom. The molecule has 3 rings (SSSR count). The number of aryl methyl sites for hydroxylation is 2. The molecule has 0 fully saturated rings. The van der Waals surface area contributed by atoms with E-state index < -0.39 is 29.7 Å². The van der Waals surface area contributed by atoms with Crippen molar-refractivity contribution in [3.63, 3.8) is 0 Å². The van der Waals surface area contributed by atoms with Crippen molar-refractivity contribution in [2.75, 3.05) is 12.4 Å². The van der Waals surface area contributed by atoms with Crippen LogP contribution in [-0.2, 0) is 14.3 Å². The Bertz CT molecular complexity index is 974. The first-order chi connectivity index (χ1) is 13.8. The SMILES string of the molecule is COC(=O)c1c(NC(=O)[C@@H]2CC=CC[C@@H]2C(=O)O)sc(C)c1-c1ccc(C)cc1. The number of methoxy groups -OCH3 is 1. The Morgan fingerprint density at radius 1 is 1.07 bits per heavy atom. The molecule has 0 radical (unpaired) electrons. The third-order valence-electron chi connectivity index (χ3n) is 5.14. The Kier molecular flexibility index (Phi) is 6.17. The first-order valence-corrected chi connectivity index (χ1v) is 10.1. The van der Waals surface area contributed by atoms with Gasteiger partial charge in [0.2, 0.25) is 5.91 Å². The smallest absolute Gasteiger partial charge is 0.341 e. The average Bonchev–Trinajstić information content (AvgIpc) is 3.03. The van der Waals surface area contributed by atoms with Gasteiger partial charge in [-0.25, -0.2) is 4.79 Å². The molecule has 0 saturated carbocycles. The van der Waals surface area contributed by atoms with Crippen molar-refractivity contribution in [3.05, 3.63) is 52.4 Å². The molecular formula is C22H23NO5S. The van der Waals surface area contributed by atoms with Crippen molar-refractivity contribution in [2.45, 2.75) is 26.7 Å². The van der Waals surface area contributed by atoms with Gasteiger partial charge in [0.05, 0.1) is 18.9 Å². The maximum Gasteiger partial charge on any atom is 0.341 e. The summed E-state index contributed by atoms with van der Waals surface area (Å²) in [5.41, 5.74) is 2.97. The van der Waals surface area contributed by atoms with Crippen LogP contribution in [0.3, 0.4) is 0 Å². The average molecular weight is 413 g/mol. The van der Waals surface area contributed by atoms with Gasteiger partial charge < -0.3 is 15.2 Å². The molecule has 0 bridgehead atoms. The van der Waals surface area contributed by atoms with Crippen molar-refractivity contribution >= 4 is 34.2 Å². The van der Waals surface area contributed by atoms with Crippen LogP contribution in [0.15, 0.2) is 36.4 Å². The minimum absolute atomic E-state index is 0.297. The summed E-state index contributed by atoms with van der Waals surface area (Å²) in [7, 11) is 1.30. The summed E-state index contributed by atoms with van der Waals surface area (Å²) in [6.07, 6.45) is 4.27. The number of carbonyl (C=O) groups excluding carboxylic acids is 2. The number of benzene rings is 1. The van der Waals surface area contributed by atoms with Crippen LogP contribution in [-0.4, -0.2) is 30.1 Å². The van der Waals surface area contributed by atoms with Crippen LogP contribution >= 0.6 is 11.3 Å². The predicted octanol–water partition coefficient (Wildman–Crippen LogP) is 4.42. The molecule has 2 aromatic rings. The van der Waals surface area contributed by atoms with E-state index in [1.807, 2.05) is 44.2 Å². The van der Waals surface area contributed by atoms with Crippen LogP contribution in [0.5, 0.6) is 0 Å². The highest BCUT2D eigenvalue weighted by Gasteiger charge is 2.35. The van der Waals surface area contributed by atoms with Crippen molar-refractivity contribution < 1.29 is 24.2 Å². The zero-order valence-electron chi connectivity index (χ0n) is 16.5. The molecule has 1 heterocycles. The molecule has 152 valence electrons. The molecule has 1 aromatic carbocycles. The first kappa shape index (κ1) is 20.8. The maximum atomic E-state index is 12.9. The number of hydrogen-bond donors (Lipinski definition) is 2. The molecule has 0 aliphatic heterocycles. The van der Waals surface area contributed by atoms with E-state index in [-0.39, 0.29) is 0 Å². The molecule has 1 aliphatic rings. The number of carboxylic acids is 1. The number of nitrogens with one attached hydrogen (secondary N) is 1. The molecule has 0 saturated heterocycles. The zero-order chi connectivity index (χ0) is 21.1. The lowest BCUT2D eigenvalue weighted by molar-refractivity contribution is -0.146. The summed E-state index contributed by atoms with van der Waals surface area (Å²) in [5, 5.41) is 12.6. The van der Waals surface area contributed by atoms with Crippen molar-refractivity contribution in [3.8, 4) is 11.1 Å². The number of thiophene rings is 1. The van der Waals surface area contributed by atoms with Gasteiger partial charge in [-0.15, -0.1) is 11.3 Å². The van der Waals surface area contributed by atoms with Crippen molar-refractivity contribution in [2.24, 2.45) is 11.8 Å². The monoisotopic (exact) mass is 413 g/mol. The number of aliphatic carboxylic acids is 1. The van der Waals surface area contributed by atoms with Gasteiger partial charge in [-0.05, 0) is 32.3 Å². The van der Waals surface area contributed by atoms with Crippen molar-refractivity contribution in [1.82, 2.24) is 0 Å². The second-order valence-corrected chi connectivity index (χ2v) is 8.30. The Labute approximate surface area is 173 Å². The summed E-state index contributed by atoms with van der Waals surface area (Å²) in [5.74, 6) is -3.40. The second kappa shape index (κ2) is 8.61. The summed E-state index contributed by atoms with van der Waals surface area (Å²) in [6, 6.07) is 7.76. The number of esters is 1. The molecule has 29 heavy (non-hydrogen) atoms. The van der Waals surface area contributed by atoms with Crippen molar-refractivity contribution in [1.29, 1.82) is 0 Å². The summed E-state index contributed by atoms with van der Waals surface area (Å²) in [6.45, 7) is 3.86. The molecule has 6 nitrogen and oxygen atoms in total. The molecule has 1 aliphatic carbocycles. The topological polar surface area (TPSA) is 92.7 Å². The summed E-state index contributed by atoms with van der Waals surface area (Å²) < 4.78 is 4.97. The third-order valence-corrected chi connectivity index (χ3v) is 6.16. The minimum Gasteiger partial charge on any atom is -0.481 e. The van der Waals surface area contributed by atoms with Gasteiger partial charge >= 0.3 is 11.9 Å². The van der Waals surface area contributed by atoms with Gasteiger partial charge in [0.1, 0.15) is 10.6 Å². The minimum atomic E-state index is -0.995. The first-order valence-electron chi connectivity index (χ1n) is 9.30. The summed E-state index contributed by atoms with van der Waals surface area (Å²) >= 11 is 1.29. The third kappa shape index (κ3) is 4.24. The molecular weight excluding hydrogens is 390 g/mol. The standard InChI is InChI=1S/C22H23NO5S/c1-12-8-10-14(11-9-12)17-13(2)29-20(18(17)22(27)28-3)23-19(24)15-6-4-5-7-16(15)21(25)26/h4-5,8-11,15-16H,6-7H2,1-3H3,(H,23,24)(H,25,26)/t15-,16+/m1/s1. The fourth-order valence-corrected chi connectivity index (χ4v) is 4.65. The zero-order valence-corrected chi connectivity index (χ0v) is 17.3. The van der Waals surface area contributed by atoms with E-state index in [0.717, 1.165) is 21.6 Å². The van der Waals surface area contributed by atoms with E-state index in [1.54, 1.807) is 6.08 Å².